The molecule has 2 aliphatic heterocycles. The number of primary amides is 1. The van der Waals surface area contributed by atoms with E-state index in [2.05, 4.69) is 15.6 Å². The van der Waals surface area contributed by atoms with Crippen LogP contribution in [0.4, 0.5) is 4.79 Å². The van der Waals surface area contributed by atoms with Crippen LogP contribution in [-0.2, 0) is 23.9 Å². The van der Waals surface area contributed by atoms with Crippen molar-refractivity contribution in [1.29, 1.82) is 5.41 Å². The molecule has 31 heavy (non-hydrogen) atoms. The number of carboxylic acid groups (broad SMARTS) is 1. The zero-order valence-electron chi connectivity index (χ0n) is 16.0. The Morgan fingerprint density at radius 2 is 2.16 bits per heavy atom. The van der Waals surface area contributed by atoms with Gasteiger partial charge >= 0.3 is 18.0 Å². The Labute approximate surface area is 182 Å². The van der Waals surface area contributed by atoms with Crippen LogP contribution in [-0.4, -0.2) is 68.5 Å². The Balaban J connectivity index is 1.77. The molecule has 2 aliphatic rings. The number of thioether (sulfide) groups is 1. The fourth-order valence-electron chi connectivity index (χ4n) is 3.10. The number of nitrogens with two attached hydrogens (primary N) is 1. The fraction of sp³-hybridized carbons (Fsp3) is 0.375. The summed E-state index contributed by atoms with van der Waals surface area (Å²) in [6.07, 6.45) is 0. The van der Waals surface area contributed by atoms with Crippen molar-refractivity contribution in [2.24, 2.45) is 5.73 Å². The average molecular weight is 470 g/mol. The maximum Gasteiger partial charge on any atom is 0.352 e. The number of esters is 1. The first kappa shape index (κ1) is 22.4. The van der Waals surface area contributed by atoms with E-state index in [1.807, 2.05) is 0 Å². The summed E-state index contributed by atoms with van der Waals surface area (Å²) in [4.78, 5) is 63.2. The van der Waals surface area contributed by atoms with Gasteiger partial charge in [-0.25, -0.2) is 9.59 Å². The van der Waals surface area contributed by atoms with Gasteiger partial charge in [0.15, 0.2) is 10.8 Å². The third kappa shape index (κ3) is 4.56. The molecule has 15 heteroatoms. The van der Waals surface area contributed by atoms with Crippen molar-refractivity contribution in [3.8, 4) is 0 Å². The molecule has 3 atom stereocenters. The molecule has 2 unspecified atom stereocenters. The fourth-order valence-corrected chi connectivity index (χ4v) is 5.04. The molecule has 3 heterocycles. The number of fused-ring (bicyclic) bond motifs is 1. The standard InChI is InChI=1S/C16H18N6O7S2/c1-5(23)29-2-6-3-30-13-9(12(25)22(13)10(6)14(26)27)20-11(24)8(21-15(17)28)7-4-31-16(18)19-7/h4,8-9,13H,2-3H2,1H3,(H2,18,19)(H,20,24)(H,26,27)(H3,17,21,28)/t8?,9-,13?/m1/s1. The summed E-state index contributed by atoms with van der Waals surface area (Å²) in [5, 5.41) is 22.6. The van der Waals surface area contributed by atoms with Crippen LogP contribution in [0.2, 0.25) is 0 Å². The number of amides is 4. The third-order valence-electron chi connectivity index (χ3n) is 4.42. The average Bonchev–Trinajstić information content (AvgIpc) is 3.13. The van der Waals surface area contributed by atoms with Gasteiger partial charge in [-0.2, -0.15) is 0 Å². The van der Waals surface area contributed by atoms with Gasteiger partial charge in [0.05, 0.1) is 5.69 Å². The molecular weight excluding hydrogens is 452 g/mol. The SMILES string of the molecule is CC(=O)OCC1=C(C(=O)O)N2C(=O)[C@@H](NC(=O)C(NC(N)=O)c3csc(=N)[nH]3)C2SC1. The molecule has 7 N–H and O–H groups in total. The number of carbonyl (C=O) groups is 5. The quantitative estimate of drug-likeness (QED) is 0.205. The molecule has 0 radical (unpaired) electrons. The molecule has 166 valence electrons. The van der Waals surface area contributed by atoms with Crippen LogP contribution in [0.1, 0.15) is 18.7 Å². The first-order valence-electron chi connectivity index (χ1n) is 8.72. The Hall–Kier alpha value is -3.33. The van der Waals surface area contributed by atoms with Crippen LogP contribution in [0, 0.1) is 5.41 Å². The Bertz CT molecular complexity index is 1050. The highest BCUT2D eigenvalue weighted by Gasteiger charge is 2.54. The van der Waals surface area contributed by atoms with Crippen molar-refractivity contribution in [3.05, 3.63) is 27.1 Å². The number of carboxylic acids is 1. The molecule has 1 aromatic rings. The Kier molecular flexibility index (Phi) is 6.35. The lowest BCUT2D eigenvalue weighted by atomic mass is 10.0. The van der Waals surface area contributed by atoms with Gasteiger partial charge in [-0.15, -0.1) is 23.1 Å². The zero-order chi connectivity index (χ0) is 22.9. The number of nitrogens with one attached hydrogen (secondary N) is 4. The molecule has 0 aliphatic carbocycles. The van der Waals surface area contributed by atoms with E-state index in [1.54, 1.807) is 0 Å². The lowest BCUT2D eigenvalue weighted by Gasteiger charge is -2.49. The molecule has 13 nitrogen and oxygen atoms in total. The van der Waals surface area contributed by atoms with Gasteiger partial charge in [0.25, 0.3) is 5.91 Å². The minimum Gasteiger partial charge on any atom is -0.477 e. The van der Waals surface area contributed by atoms with E-state index >= 15 is 0 Å². The lowest BCUT2D eigenvalue weighted by molar-refractivity contribution is -0.151. The maximum atomic E-state index is 12.7. The van der Waals surface area contributed by atoms with Gasteiger partial charge in [-0.05, 0) is 0 Å². The highest BCUT2D eigenvalue weighted by molar-refractivity contribution is 8.00. The topological polar surface area (TPSA) is 208 Å². The first-order chi connectivity index (χ1) is 14.6. The van der Waals surface area contributed by atoms with Crippen molar-refractivity contribution >= 4 is 52.9 Å². The number of aromatic amines is 1. The lowest BCUT2D eigenvalue weighted by Crippen LogP contribution is -2.71. The highest BCUT2D eigenvalue weighted by Crippen LogP contribution is 2.40. The van der Waals surface area contributed by atoms with Gasteiger partial charge in [0.1, 0.15) is 23.7 Å². The molecule has 0 bridgehead atoms. The summed E-state index contributed by atoms with van der Waals surface area (Å²) in [7, 11) is 0. The number of hydrogen-bond acceptors (Lipinski definition) is 9. The summed E-state index contributed by atoms with van der Waals surface area (Å²) in [5.41, 5.74) is 5.33. The van der Waals surface area contributed by atoms with Crippen molar-refractivity contribution < 1.29 is 33.8 Å². The zero-order valence-corrected chi connectivity index (χ0v) is 17.6. The Morgan fingerprint density at radius 1 is 1.45 bits per heavy atom. The molecular formula is C16H18N6O7S2. The number of nitrogens with zero attached hydrogens (tertiary/aromatic N) is 1. The number of aliphatic carboxylic acids is 1. The summed E-state index contributed by atoms with van der Waals surface area (Å²) in [6, 6.07) is -3.28. The molecule has 1 fully saturated rings. The van der Waals surface area contributed by atoms with Gasteiger partial charge in [-0.1, -0.05) is 0 Å². The molecule has 3 rings (SSSR count). The molecule has 1 aromatic heterocycles. The van der Waals surface area contributed by atoms with Gasteiger partial charge in [-0.3, -0.25) is 24.7 Å². The second kappa shape index (κ2) is 8.81. The van der Waals surface area contributed by atoms with Crippen LogP contribution in [0.25, 0.3) is 0 Å². The predicted octanol–water partition coefficient (Wildman–Crippen LogP) is -1.43. The number of aromatic nitrogens is 1. The minimum absolute atomic E-state index is 0.0457. The van der Waals surface area contributed by atoms with E-state index in [4.69, 9.17) is 15.9 Å². The van der Waals surface area contributed by atoms with Crippen LogP contribution in [0.5, 0.6) is 0 Å². The Morgan fingerprint density at radius 3 is 2.71 bits per heavy atom. The second-order valence-electron chi connectivity index (χ2n) is 6.52. The van der Waals surface area contributed by atoms with Gasteiger partial charge in [0, 0.05) is 23.6 Å². The summed E-state index contributed by atoms with van der Waals surface area (Å²) in [6.45, 7) is 0.927. The molecule has 0 spiro atoms. The summed E-state index contributed by atoms with van der Waals surface area (Å²) >= 11 is 2.20. The van der Waals surface area contributed by atoms with Crippen LogP contribution < -0.4 is 21.2 Å². The third-order valence-corrected chi connectivity index (χ3v) is 6.47. The van der Waals surface area contributed by atoms with Crippen molar-refractivity contribution in [2.75, 3.05) is 12.4 Å². The van der Waals surface area contributed by atoms with Crippen molar-refractivity contribution in [2.45, 2.75) is 24.4 Å². The second-order valence-corrected chi connectivity index (χ2v) is 8.51. The van der Waals surface area contributed by atoms with E-state index in [1.165, 1.54) is 24.1 Å². The van der Waals surface area contributed by atoms with E-state index < -0.39 is 47.2 Å². The van der Waals surface area contributed by atoms with Gasteiger partial charge < -0.3 is 31.2 Å². The molecule has 1 saturated heterocycles. The highest BCUT2D eigenvalue weighted by atomic mass is 32.2. The molecule has 0 aromatic carbocycles. The minimum atomic E-state index is -1.35. The number of carbonyl (C=O) groups excluding carboxylic acids is 4. The van der Waals surface area contributed by atoms with Crippen LogP contribution in [0.3, 0.4) is 0 Å². The summed E-state index contributed by atoms with van der Waals surface area (Å²) in [5.74, 6) is -3.16. The number of hydrogen-bond donors (Lipinski definition) is 6. The number of ether oxygens (including phenoxy) is 1. The van der Waals surface area contributed by atoms with Crippen molar-refractivity contribution in [1.82, 2.24) is 20.5 Å². The van der Waals surface area contributed by atoms with Crippen LogP contribution in [0.15, 0.2) is 16.7 Å². The predicted molar refractivity (Wildman–Crippen MR) is 106 cm³/mol. The number of rotatable bonds is 7. The largest absolute Gasteiger partial charge is 0.477 e. The summed E-state index contributed by atoms with van der Waals surface area (Å²) < 4.78 is 4.86. The number of H-pyrrole nitrogens is 1. The van der Waals surface area contributed by atoms with Crippen LogP contribution >= 0.6 is 23.1 Å². The monoisotopic (exact) mass is 470 g/mol. The van der Waals surface area contributed by atoms with Crippen molar-refractivity contribution in [3.63, 3.8) is 0 Å². The normalized spacial score (nSPS) is 20.9. The van der Waals surface area contributed by atoms with E-state index in [9.17, 15) is 29.1 Å². The number of thiazole rings is 1. The number of β-lactam (4-membered cyclic amide) rings is 1. The maximum absolute atomic E-state index is 12.7. The van der Waals surface area contributed by atoms with Gasteiger partial charge in [0.2, 0.25) is 5.91 Å². The van der Waals surface area contributed by atoms with E-state index in [0.717, 1.165) is 16.2 Å². The van der Waals surface area contributed by atoms with E-state index in [0.29, 0.717) is 0 Å². The smallest absolute Gasteiger partial charge is 0.352 e. The number of urea groups is 1. The molecule has 0 saturated carbocycles. The first-order valence-corrected chi connectivity index (χ1v) is 10.6. The van der Waals surface area contributed by atoms with E-state index in [-0.39, 0.29) is 34.1 Å². The molecule has 4 amide bonds.